The highest BCUT2D eigenvalue weighted by atomic mass is 16.5. The first kappa shape index (κ1) is 28.7. The molecule has 0 unspecified atom stereocenters. The van der Waals surface area contributed by atoms with Crippen molar-refractivity contribution >= 4 is 16.8 Å². The van der Waals surface area contributed by atoms with Gasteiger partial charge < -0.3 is 24.3 Å². The van der Waals surface area contributed by atoms with Gasteiger partial charge in [0, 0.05) is 69.5 Å². The maximum atomic E-state index is 14.7. The van der Waals surface area contributed by atoms with Crippen LogP contribution >= 0.6 is 0 Å². The molecule has 1 saturated carbocycles. The predicted octanol–water partition coefficient (Wildman–Crippen LogP) is 6.10. The molecule has 1 aromatic heterocycles. The van der Waals surface area contributed by atoms with Crippen LogP contribution in [0.2, 0.25) is 0 Å². The molecule has 1 saturated heterocycles. The second-order valence-corrected chi connectivity index (χ2v) is 11.9. The van der Waals surface area contributed by atoms with E-state index in [2.05, 4.69) is 93.6 Å². The van der Waals surface area contributed by atoms with Gasteiger partial charge in [0.25, 0.3) is 0 Å². The van der Waals surface area contributed by atoms with E-state index < -0.39 is 0 Å². The maximum Gasteiger partial charge on any atom is 0.228 e. The minimum absolute atomic E-state index is 0.0798. The number of carbonyl (C=O) groups excluding carboxylic acids is 1. The lowest BCUT2D eigenvalue weighted by atomic mass is 9.73. The summed E-state index contributed by atoms with van der Waals surface area (Å²) in [5.74, 6) is 0.396. The van der Waals surface area contributed by atoms with Crippen LogP contribution in [0.25, 0.3) is 22.0 Å². The Morgan fingerprint density at radius 3 is 2.48 bits per heavy atom. The second-order valence-electron chi connectivity index (χ2n) is 11.9. The summed E-state index contributed by atoms with van der Waals surface area (Å²) in [7, 11) is 3.52. The van der Waals surface area contributed by atoms with Crippen molar-refractivity contribution in [2.75, 3.05) is 40.5 Å². The summed E-state index contributed by atoms with van der Waals surface area (Å²) in [6.07, 6.45) is 3.08. The fourth-order valence-corrected chi connectivity index (χ4v) is 6.88. The van der Waals surface area contributed by atoms with Crippen LogP contribution in [-0.2, 0) is 27.4 Å². The Hall–Kier alpha value is -3.45. The fraction of sp³-hybridized carbons (Fsp3) is 0.417. The highest BCUT2D eigenvalue weighted by Crippen LogP contribution is 2.40. The Bertz CT molecular complexity index is 1480. The molecule has 1 amide bonds. The van der Waals surface area contributed by atoms with Gasteiger partial charge in [-0.3, -0.25) is 4.79 Å². The number of hydrogen-bond acceptors (Lipinski definition) is 4. The lowest BCUT2D eigenvalue weighted by Crippen LogP contribution is -2.51. The number of hydrogen-bond donors (Lipinski definition) is 1. The maximum absolute atomic E-state index is 14.7. The summed E-state index contributed by atoms with van der Waals surface area (Å²) in [4.78, 5) is 16.9. The highest BCUT2D eigenvalue weighted by Gasteiger charge is 2.43. The van der Waals surface area contributed by atoms with E-state index in [0.717, 1.165) is 39.0 Å². The lowest BCUT2D eigenvalue weighted by molar-refractivity contribution is -0.139. The van der Waals surface area contributed by atoms with Crippen LogP contribution < -0.4 is 5.32 Å². The molecule has 0 spiro atoms. The molecule has 3 aromatic carbocycles. The molecule has 1 aliphatic heterocycles. The third-order valence-electron chi connectivity index (χ3n) is 9.02. The number of piperidine rings is 1. The Labute approximate surface area is 249 Å². The summed E-state index contributed by atoms with van der Waals surface area (Å²) in [6.45, 7) is 4.37. The molecule has 6 nitrogen and oxygen atoms in total. The van der Waals surface area contributed by atoms with E-state index in [1.807, 2.05) is 6.07 Å². The number of benzene rings is 3. The van der Waals surface area contributed by atoms with E-state index in [4.69, 9.17) is 9.47 Å². The van der Waals surface area contributed by atoms with Crippen molar-refractivity contribution in [3.8, 4) is 11.1 Å². The molecule has 6 rings (SSSR count). The van der Waals surface area contributed by atoms with Crippen LogP contribution in [-0.4, -0.2) is 61.9 Å². The molecule has 0 radical (unpaired) electrons. The van der Waals surface area contributed by atoms with Crippen LogP contribution in [0.1, 0.15) is 36.4 Å². The zero-order chi connectivity index (χ0) is 28.9. The van der Waals surface area contributed by atoms with Crippen molar-refractivity contribution < 1.29 is 14.3 Å². The highest BCUT2D eigenvalue weighted by molar-refractivity contribution is 5.83. The van der Waals surface area contributed by atoms with Crippen molar-refractivity contribution in [3.63, 3.8) is 0 Å². The Kier molecular flexibility index (Phi) is 9.04. The molecule has 42 heavy (non-hydrogen) atoms. The van der Waals surface area contributed by atoms with Crippen LogP contribution in [0.5, 0.6) is 0 Å². The molecule has 2 aliphatic rings. The summed E-state index contributed by atoms with van der Waals surface area (Å²) in [5, 5.41) is 4.82. The molecular formula is C36H43N3O3. The van der Waals surface area contributed by atoms with Gasteiger partial charge in [0.2, 0.25) is 5.91 Å². The van der Waals surface area contributed by atoms with E-state index in [9.17, 15) is 4.79 Å². The Morgan fingerprint density at radius 1 is 0.905 bits per heavy atom. The molecule has 3 atom stereocenters. The molecule has 1 N–H and O–H groups in total. The van der Waals surface area contributed by atoms with Gasteiger partial charge in [-0.05, 0) is 53.5 Å². The number of aryl methyl sites for hydroxylation is 1. The van der Waals surface area contributed by atoms with Gasteiger partial charge in [-0.15, -0.1) is 0 Å². The first-order chi connectivity index (χ1) is 20.7. The van der Waals surface area contributed by atoms with Gasteiger partial charge in [0.1, 0.15) is 0 Å². The average molecular weight is 566 g/mol. The quantitative estimate of drug-likeness (QED) is 0.211. The van der Waals surface area contributed by atoms with E-state index in [-0.39, 0.29) is 23.7 Å². The number of rotatable bonds is 12. The first-order valence-corrected chi connectivity index (χ1v) is 15.4. The van der Waals surface area contributed by atoms with E-state index in [1.165, 1.54) is 33.3 Å². The number of aromatic nitrogens is 1. The molecule has 0 bridgehead atoms. The fourth-order valence-electron chi connectivity index (χ4n) is 6.88. The van der Waals surface area contributed by atoms with Gasteiger partial charge in [-0.2, -0.15) is 0 Å². The first-order valence-electron chi connectivity index (χ1n) is 15.4. The van der Waals surface area contributed by atoms with Crippen molar-refractivity contribution in [1.82, 2.24) is 14.8 Å². The smallest absolute Gasteiger partial charge is 0.228 e. The van der Waals surface area contributed by atoms with Crippen LogP contribution in [0.15, 0.2) is 84.9 Å². The second kappa shape index (κ2) is 13.2. The van der Waals surface area contributed by atoms with Gasteiger partial charge >= 0.3 is 0 Å². The largest absolute Gasteiger partial charge is 0.385 e. The number of methoxy groups -OCH3 is 2. The zero-order valence-corrected chi connectivity index (χ0v) is 24.9. The summed E-state index contributed by atoms with van der Waals surface area (Å²) < 4.78 is 13.5. The summed E-state index contributed by atoms with van der Waals surface area (Å²) in [5.41, 5.74) is 6.03. The molecule has 2 heterocycles. The summed E-state index contributed by atoms with van der Waals surface area (Å²) in [6, 6.07) is 30.4. The van der Waals surface area contributed by atoms with Crippen LogP contribution in [0.3, 0.4) is 0 Å². The van der Waals surface area contributed by atoms with Gasteiger partial charge in [0.05, 0.1) is 19.1 Å². The lowest BCUT2D eigenvalue weighted by Gasteiger charge is -2.40. The predicted molar refractivity (Wildman–Crippen MR) is 168 cm³/mol. The van der Waals surface area contributed by atoms with Gasteiger partial charge in [0.15, 0.2) is 0 Å². The molecule has 4 aromatic rings. The van der Waals surface area contributed by atoms with Gasteiger partial charge in [-0.25, -0.2) is 0 Å². The minimum atomic E-state index is -0.156. The third kappa shape index (κ3) is 6.17. The number of carbonyl (C=O) groups is 1. The van der Waals surface area contributed by atoms with Crippen molar-refractivity contribution in [1.29, 1.82) is 0 Å². The van der Waals surface area contributed by atoms with Crippen molar-refractivity contribution in [3.05, 3.63) is 96.2 Å². The number of nitrogens with one attached hydrogen (secondary N) is 1. The molecule has 1 aliphatic carbocycles. The third-order valence-corrected chi connectivity index (χ3v) is 9.02. The van der Waals surface area contributed by atoms with Crippen LogP contribution in [0, 0.1) is 11.8 Å². The number of nitrogens with zero attached hydrogens (tertiary/aromatic N) is 2. The number of fused-ring (bicyclic) bond motifs is 1. The molecule has 6 heteroatoms. The SMILES string of the molecule is COCCCn1c(CN(C(=O)[C@H]2CNC[C@H](COC)[C@@H]2c2cccc(-c3ccccc3)c2)C2CC2)cc2ccccc21. The van der Waals surface area contributed by atoms with Crippen molar-refractivity contribution in [2.24, 2.45) is 11.8 Å². The monoisotopic (exact) mass is 565 g/mol. The normalized spacial score (nSPS) is 20.6. The Morgan fingerprint density at radius 2 is 1.69 bits per heavy atom. The van der Waals surface area contributed by atoms with E-state index >= 15 is 0 Å². The number of para-hydroxylation sites is 1. The number of amides is 1. The van der Waals surface area contributed by atoms with E-state index in [0.29, 0.717) is 25.7 Å². The summed E-state index contributed by atoms with van der Waals surface area (Å²) >= 11 is 0. The van der Waals surface area contributed by atoms with Gasteiger partial charge in [-0.1, -0.05) is 72.8 Å². The Balaban J connectivity index is 1.32. The number of ether oxygens (including phenoxy) is 2. The average Bonchev–Trinajstić information content (AvgIpc) is 3.82. The van der Waals surface area contributed by atoms with E-state index in [1.54, 1.807) is 14.2 Å². The minimum Gasteiger partial charge on any atom is -0.385 e. The standard InChI is InChI=1S/C36H43N3O3/c1-41-19-9-18-38-32(21-28-12-6-7-15-34(28)38)24-39(31-16-17-31)36(40)33-23-37-22-30(25-42-2)35(33)29-14-8-13-27(20-29)26-10-4-3-5-11-26/h3-8,10-15,20-21,30-31,33,35,37H,9,16-19,22-25H2,1-2H3/t30-,33+,35+/m1/s1. The molecule has 220 valence electrons. The molecule has 2 fully saturated rings. The molecular weight excluding hydrogens is 522 g/mol. The topological polar surface area (TPSA) is 55.7 Å². The zero-order valence-electron chi connectivity index (χ0n) is 24.9. The van der Waals surface area contributed by atoms with Crippen LogP contribution in [0.4, 0.5) is 0 Å². The van der Waals surface area contributed by atoms with Crippen molar-refractivity contribution in [2.45, 2.75) is 44.3 Å².